The third kappa shape index (κ3) is 5.61. The maximum atomic E-state index is 10.6. The minimum Gasteiger partial charge on any atom is -0.303 e. The molecule has 1 radical (unpaired) electrons. The molecular weight excluding hydrogens is 221 g/mol. The molecule has 0 saturated carbocycles. The second kappa shape index (κ2) is 5.94. The largest absolute Gasteiger partial charge is 0.469 e. The van der Waals surface area contributed by atoms with Crippen LogP contribution in [0.15, 0.2) is 0 Å². The lowest BCUT2D eigenvalue weighted by molar-refractivity contribution is 0.0563. The average Bonchev–Trinajstić information content (AvgIpc) is 2.12. The van der Waals surface area contributed by atoms with E-state index in [-0.39, 0.29) is 6.61 Å². The number of phosphoric ester groups is 1. The van der Waals surface area contributed by atoms with Crippen molar-refractivity contribution in [3.8, 4) is 0 Å². The van der Waals surface area contributed by atoms with E-state index in [9.17, 15) is 9.67 Å². The first kappa shape index (κ1) is 13.1. The highest BCUT2D eigenvalue weighted by Crippen LogP contribution is 2.39. The highest BCUT2D eigenvalue weighted by Gasteiger charge is 2.26. The summed E-state index contributed by atoms with van der Waals surface area (Å²) in [4.78, 5) is 19.3. The van der Waals surface area contributed by atoms with E-state index >= 15 is 0 Å². The van der Waals surface area contributed by atoms with Crippen molar-refractivity contribution in [2.45, 2.75) is 25.4 Å². The molecule has 1 heterocycles. The first-order valence-corrected chi connectivity index (χ1v) is 6.59. The van der Waals surface area contributed by atoms with Crippen LogP contribution in [0.2, 0.25) is 0 Å². The van der Waals surface area contributed by atoms with Crippen LogP contribution < -0.4 is 0 Å². The molecule has 15 heavy (non-hydrogen) atoms. The summed E-state index contributed by atoms with van der Waals surface area (Å²) in [5.41, 5.74) is 0. The van der Waals surface area contributed by atoms with Gasteiger partial charge in [0.25, 0.3) is 0 Å². The Morgan fingerprint density at radius 3 is 2.80 bits per heavy atom. The van der Waals surface area contributed by atoms with E-state index in [0.717, 1.165) is 13.0 Å². The van der Waals surface area contributed by atoms with E-state index in [1.54, 1.807) is 0 Å². The van der Waals surface area contributed by atoms with Crippen LogP contribution in [-0.4, -0.2) is 47.0 Å². The Morgan fingerprint density at radius 1 is 1.47 bits per heavy atom. The normalized spacial score (nSPS) is 24.3. The number of piperidine rings is 1. The number of rotatable bonds is 5. The van der Waals surface area contributed by atoms with Gasteiger partial charge >= 0.3 is 7.82 Å². The summed E-state index contributed by atoms with van der Waals surface area (Å²) in [7, 11) is -4.37. The number of phosphoric acid groups is 1. The zero-order valence-corrected chi connectivity index (χ0v) is 9.44. The van der Waals surface area contributed by atoms with E-state index < -0.39 is 13.9 Å². The average molecular weight is 238 g/mol. The van der Waals surface area contributed by atoms with Gasteiger partial charge in [0.2, 0.25) is 0 Å². The molecule has 6 nitrogen and oxygen atoms in total. The summed E-state index contributed by atoms with van der Waals surface area (Å²) < 4.78 is 15.3. The summed E-state index contributed by atoms with van der Waals surface area (Å²) >= 11 is 0. The molecule has 1 saturated heterocycles. The lowest BCUT2D eigenvalue weighted by atomic mass is 10.1. The van der Waals surface area contributed by atoms with Crippen LogP contribution in [0.5, 0.6) is 0 Å². The van der Waals surface area contributed by atoms with Crippen LogP contribution >= 0.6 is 7.82 Å². The maximum Gasteiger partial charge on any atom is 0.469 e. The van der Waals surface area contributed by atoms with Gasteiger partial charge in [-0.25, -0.2) is 9.67 Å². The fourth-order valence-corrected chi connectivity index (χ4v) is 2.35. The quantitative estimate of drug-likeness (QED) is 0.676. The third-order valence-corrected chi connectivity index (χ3v) is 2.94. The molecule has 1 rings (SSSR count). The SMILES string of the molecule is [O]CCCN1CCCC(OP(=O)(O)O)C1. The van der Waals surface area contributed by atoms with Crippen molar-refractivity contribution in [3.63, 3.8) is 0 Å². The van der Waals surface area contributed by atoms with Crippen LogP contribution in [-0.2, 0) is 14.2 Å². The Labute approximate surface area is 89.1 Å². The van der Waals surface area contributed by atoms with Gasteiger partial charge in [0.1, 0.15) is 0 Å². The maximum absolute atomic E-state index is 10.6. The molecule has 1 atom stereocenters. The second-order valence-corrected chi connectivity index (χ2v) is 4.91. The summed E-state index contributed by atoms with van der Waals surface area (Å²) in [6, 6.07) is 0. The highest BCUT2D eigenvalue weighted by molar-refractivity contribution is 7.46. The van der Waals surface area contributed by atoms with Crippen LogP contribution in [0.3, 0.4) is 0 Å². The molecule has 0 aromatic carbocycles. The van der Waals surface area contributed by atoms with E-state index in [2.05, 4.69) is 4.52 Å². The molecule has 1 unspecified atom stereocenters. The summed E-state index contributed by atoms with van der Waals surface area (Å²) in [6.07, 6.45) is 1.68. The zero-order chi connectivity index (χ0) is 11.3. The van der Waals surface area contributed by atoms with E-state index in [1.165, 1.54) is 0 Å². The minimum absolute atomic E-state index is 0.111. The van der Waals surface area contributed by atoms with Gasteiger partial charge in [-0.05, 0) is 25.8 Å². The Morgan fingerprint density at radius 2 is 2.20 bits per heavy atom. The smallest absolute Gasteiger partial charge is 0.303 e. The number of nitrogens with zero attached hydrogens (tertiary/aromatic N) is 1. The van der Waals surface area contributed by atoms with E-state index in [0.29, 0.717) is 25.9 Å². The van der Waals surface area contributed by atoms with Crippen molar-refractivity contribution < 1.29 is 24.0 Å². The number of likely N-dealkylation sites (tertiary alicyclic amines) is 1. The standard InChI is InChI=1S/C8H17NO5P/c10-6-2-5-9-4-1-3-8(7-9)14-15(11,12)13/h8H,1-7H2,(H2,11,12,13). The monoisotopic (exact) mass is 238 g/mol. The van der Waals surface area contributed by atoms with Crippen molar-refractivity contribution >= 4 is 7.82 Å². The van der Waals surface area contributed by atoms with Gasteiger partial charge in [-0.2, -0.15) is 0 Å². The molecule has 1 fully saturated rings. The molecular formula is C8H17NO5P. The molecule has 0 aliphatic carbocycles. The summed E-state index contributed by atoms with van der Waals surface area (Å²) in [6.45, 7) is 1.96. The number of hydrogen-bond donors (Lipinski definition) is 2. The van der Waals surface area contributed by atoms with Crippen molar-refractivity contribution in [3.05, 3.63) is 0 Å². The predicted molar refractivity (Wildman–Crippen MR) is 52.8 cm³/mol. The molecule has 89 valence electrons. The Kier molecular flexibility index (Phi) is 5.18. The molecule has 1 aliphatic rings. The van der Waals surface area contributed by atoms with Crippen LogP contribution in [0.4, 0.5) is 0 Å². The lowest BCUT2D eigenvalue weighted by Crippen LogP contribution is -2.39. The van der Waals surface area contributed by atoms with Gasteiger partial charge in [-0.1, -0.05) is 0 Å². The second-order valence-electron chi connectivity index (χ2n) is 3.72. The predicted octanol–water partition coefficient (Wildman–Crippen LogP) is 0.381. The number of hydrogen-bond acceptors (Lipinski definition) is 3. The Balaban J connectivity index is 2.32. The molecule has 0 bridgehead atoms. The van der Waals surface area contributed by atoms with Crippen LogP contribution in [0, 0.1) is 0 Å². The van der Waals surface area contributed by atoms with Gasteiger partial charge in [0.05, 0.1) is 12.7 Å². The molecule has 1 aliphatic heterocycles. The third-order valence-electron chi connectivity index (χ3n) is 2.37. The molecule has 0 aromatic rings. The summed E-state index contributed by atoms with van der Waals surface area (Å²) in [5.74, 6) is 0. The highest BCUT2D eigenvalue weighted by atomic mass is 31.2. The topological polar surface area (TPSA) is 89.9 Å². The minimum atomic E-state index is -4.37. The molecule has 0 amide bonds. The van der Waals surface area contributed by atoms with Gasteiger partial charge in [0.15, 0.2) is 0 Å². The molecule has 0 aromatic heterocycles. The first-order chi connectivity index (χ1) is 7.01. The van der Waals surface area contributed by atoms with Crippen molar-refractivity contribution in [1.82, 2.24) is 4.90 Å². The molecule has 7 heteroatoms. The Bertz CT molecular complexity index is 231. The summed E-state index contributed by atoms with van der Waals surface area (Å²) in [5, 5.41) is 10.3. The molecule has 2 N–H and O–H groups in total. The van der Waals surface area contributed by atoms with Crippen molar-refractivity contribution in [2.75, 3.05) is 26.2 Å². The van der Waals surface area contributed by atoms with Gasteiger partial charge < -0.3 is 14.7 Å². The van der Waals surface area contributed by atoms with E-state index in [1.807, 2.05) is 4.90 Å². The zero-order valence-electron chi connectivity index (χ0n) is 8.54. The first-order valence-electron chi connectivity index (χ1n) is 5.05. The molecule has 0 spiro atoms. The van der Waals surface area contributed by atoms with Gasteiger partial charge in [-0.15, -0.1) is 0 Å². The van der Waals surface area contributed by atoms with Crippen LogP contribution in [0.1, 0.15) is 19.3 Å². The van der Waals surface area contributed by atoms with Crippen molar-refractivity contribution in [1.29, 1.82) is 0 Å². The fraction of sp³-hybridized carbons (Fsp3) is 1.00. The Hall–Kier alpha value is 0.0300. The fourth-order valence-electron chi connectivity index (χ4n) is 1.78. The van der Waals surface area contributed by atoms with Gasteiger partial charge in [-0.3, -0.25) is 4.52 Å². The lowest BCUT2D eigenvalue weighted by Gasteiger charge is -2.32. The van der Waals surface area contributed by atoms with Crippen LogP contribution in [0.25, 0.3) is 0 Å². The van der Waals surface area contributed by atoms with E-state index in [4.69, 9.17) is 9.79 Å². The van der Waals surface area contributed by atoms with Crippen molar-refractivity contribution in [2.24, 2.45) is 0 Å². The van der Waals surface area contributed by atoms with Gasteiger partial charge in [0, 0.05) is 13.1 Å².